The van der Waals surface area contributed by atoms with Crippen molar-refractivity contribution in [3.63, 3.8) is 0 Å². The number of nitrogens with zero attached hydrogens (tertiary/aromatic N) is 2. The van der Waals surface area contributed by atoms with Crippen LogP contribution in [0.2, 0.25) is 0 Å². The van der Waals surface area contributed by atoms with Gasteiger partial charge in [0.25, 0.3) is 0 Å². The maximum absolute atomic E-state index is 4.34. The summed E-state index contributed by atoms with van der Waals surface area (Å²) >= 11 is 0. The van der Waals surface area contributed by atoms with Crippen molar-refractivity contribution >= 4 is 6.21 Å². The molecule has 0 aliphatic carbocycles. The van der Waals surface area contributed by atoms with Gasteiger partial charge in [-0.1, -0.05) is 30.3 Å². The minimum absolute atomic E-state index is 0.931. The van der Waals surface area contributed by atoms with E-state index in [0.717, 1.165) is 19.6 Å². The van der Waals surface area contributed by atoms with Gasteiger partial charge in [0.1, 0.15) is 0 Å². The van der Waals surface area contributed by atoms with Crippen molar-refractivity contribution in [1.29, 1.82) is 0 Å². The summed E-state index contributed by atoms with van der Waals surface area (Å²) in [5.74, 6) is 0. The van der Waals surface area contributed by atoms with E-state index in [4.69, 9.17) is 0 Å². The maximum Gasteiger partial charge on any atom is 0.0618 e. The summed E-state index contributed by atoms with van der Waals surface area (Å²) in [6.45, 7) is 4.27. The summed E-state index contributed by atoms with van der Waals surface area (Å²) in [7, 11) is 0. The van der Waals surface area contributed by atoms with Crippen LogP contribution in [0, 0.1) is 0 Å². The van der Waals surface area contributed by atoms with E-state index in [1.165, 1.54) is 29.7 Å². The Hall–Kier alpha value is -1.41. The van der Waals surface area contributed by atoms with Gasteiger partial charge in [-0.2, -0.15) is 0 Å². The number of aliphatic imine (C=N–C) groups is 1. The summed E-state index contributed by atoms with van der Waals surface area (Å²) in [5, 5.41) is 0. The zero-order valence-corrected chi connectivity index (χ0v) is 9.39. The Bertz CT molecular complexity index is 431. The zero-order chi connectivity index (χ0) is 10.8. The fraction of sp³-hybridized carbons (Fsp3) is 0.357. The van der Waals surface area contributed by atoms with Gasteiger partial charge in [-0.15, -0.1) is 0 Å². The minimum Gasteiger partial charge on any atom is -0.295 e. The smallest absolute Gasteiger partial charge is 0.0618 e. The summed E-state index contributed by atoms with van der Waals surface area (Å²) < 4.78 is 0. The molecule has 2 nitrogen and oxygen atoms in total. The van der Waals surface area contributed by atoms with Gasteiger partial charge < -0.3 is 0 Å². The number of rotatable bonds is 2. The van der Waals surface area contributed by atoms with Gasteiger partial charge in [-0.05, 0) is 23.1 Å². The first kappa shape index (κ1) is 9.79. The van der Waals surface area contributed by atoms with E-state index in [1.807, 2.05) is 0 Å². The molecular formula is C14H16N2. The molecule has 2 aliphatic heterocycles. The molecule has 2 heterocycles. The van der Waals surface area contributed by atoms with Crippen LogP contribution >= 0.6 is 0 Å². The van der Waals surface area contributed by atoms with Gasteiger partial charge in [-0.25, -0.2) is 0 Å². The first-order valence-electron chi connectivity index (χ1n) is 5.89. The van der Waals surface area contributed by atoms with Crippen LogP contribution in [0.1, 0.15) is 12.0 Å². The average Bonchev–Trinajstić information content (AvgIpc) is 2.77. The van der Waals surface area contributed by atoms with Crippen LogP contribution in [0.3, 0.4) is 0 Å². The molecule has 0 bridgehead atoms. The van der Waals surface area contributed by atoms with E-state index in [-0.39, 0.29) is 0 Å². The maximum atomic E-state index is 4.34. The molecule has 16 heavy (non-hydrogen) atoms. The first-order chi connectivity index (χ1) is 7.92. The van der Waals surface area contributed by atoms with Crippen molar-refractivity contribution in [2.75, 3.05) is 19.6 Å². The number of hydrogen-bond donors (Lipinski definition) is 0. The van der Waals surface area contributed by atoms with Gasteiger partial charge in [0.05, 0.1) is 6.54 Å². The Morgan fingerprint density at radius 3 is 2.94 bits per heavy atom. The SMILES string of the molecule is C1=NCC2=C1CCN(Cc1ccccc1)C2. The molecule has 0 spiro atoms. The normalized spacial score (nSPS) is 20.2. The summed E-state index contributed by atoms with van der Waals surface area (Å²) in [6, 6.07) is 10.7. The monoisotopic (exact) mass is 212 g/mol. The Morgan fingerprint density at radius 1 is 1.19 bits per heavy atom. The first-order valence-corrected chi connectivity index (χ1v) is 5.89. The predicted molar refractivity (Wildman–Crippen MR) is 66.7 cm³/mol. The molecule has 0 saturated carbocycles. The largest absolute Gasteiger partial charge is 0.295 e. The zero-order valence-electron chi connectivity index (χ0n) is 9.39. The second-order valence-corrected chi connectivity index (χ2v) is 4.54. The Kier molecular flexibility index (Phi) is 2.58. The van der Waals surface area contributed by atoms with Gasteiger partial charge in [-0.3, -0.25) is 9.89 Å². The highest BCUT2D eigenvalue weighted by Crippen LogP contribution is 2.21. The van der Waals surface area contributed by atoms with Crippen LogP contribution in [-0.4, -0.2) is 30.7 Å². The van der Waals surface area contributed by atoms with Crippen LogP contribution in [0.15, 0.2) is 46.5 Å². The van der Waals surface area contributed by atoms with Crippen molar-refractivity contribution in [3.8, 4) is 0 Å². The molecule has 0 amide bonds. The van der Waals surface area contributed by atoms with Gasteiger partial charge in [0.15, 0.2) is 0 Å². The van der Waals surface area contributed by atoms with Crippen molar-refractivity contribution in [3.05, 3.63) is 47.0 Å². The molecule has 0 saturated heterocycles. The second-order valence-electron chi connectivity index (χ2n) is 4.54. The van der Waals surface area contributed by atoms with E-state index in [1.54, 1.807) is 0 Å². The van der Waals surface area contributed by atoms with Gasteiger partial charge in [0.2, 0.25) is 0 Å². The summed E-state index contributed by atoms with van der Waals surface area (Å²) in [5.41, 5.74) is 4.43. The molecule has 1 aromatic carbocycles. The molecule has 0 radical (unpaired) electrons. The average molecular weight is 212 g/mol. The summed E-state index contributed by atoms with van der Waals surface area (Å²) in [4.78, 5) is 6.86. The topological polar surface area (TPSA) is 15.6 Å². The standard InChI is InChI=1S/C14H16N2/c1-2-4-12(5-3-1)10-16-7-6-13-8-15-9-14(13)11-16/h1-5,8H,6-7,9-11H2. The fourth-order valence-electron chi connectivity index (χ4n) is 2.46. The van der Waals surface area contributed by atoms with E-state index in [2.05, 4.69) is 46.4 Å². The molecular weight excluding hydrogens is 196 g/mol. The lowest BCUT2D eigenvalue weighted by Crippen LogP contribution is -2.31. The van der Waals surface area contributed by atoms with E-state index >= 15 is 0 Å². The lowest BCUT2D eigenvalue weighted by atomic mass is 10.0. The second kappa shape index (κ2) is 4.22. The molecule has 2 aliphatic rings. The lowest BCUT2D eigenvalue weighted by Gasteiger charge is -2.27. The van der Waals surface area contributed by atoms with E-state index < -0.39 is 0 Å². The van der Waals surface area contributed by atoms with Gasteiger partial charge >= 0.3 is 0 Å². The van der Waals surface area contributed by atoms with Crippen LogP contribution in [0.25, 0.3) is 0 Å². The Balaban J connectivity index is 1.67. The Morgan fingerprint density at radius 2 is 2.06 bits per heavy atom. The number of hydrogen-bond acceptors (Lipinski definition) is 2. The fourth-order valence-corrected chi connectivity index (χ4v) is 2.46. The van der Waals surface area contributed by atoms with Crippen molar-refractivity contribution < 1.29 is 0 Å². The highest BCUT2D eigenvalue weighted by molar-refractivity contribution is 5.83. The predicted octanol–water partition coefficient (Wildman–Crippen LogP) is 2.27. The number of benzene rings is 1. The lowest BCUT2D eigenvalue weighted by molar-refractivity contribution is 0.280. The van der Waals surface area contributed by atoms with Crippen LogP contribution < -0.4 is 0 Å². The Labute approximate surface area is 96.3 Å². The molecule has 0 unspecified atom stereocenters. The molecule has 3 rings (SSSR count). The molecule has 0 atom stereocenters. The quantitative estimate of drug-likeness (QED) is 0.734. The van der Waals surface area contributed by atoms with Crippen LogP contribution in [0.4, 0.5) is 0 Å². The molecule has 82 valence electrons. The molecule has 0 aromatic heterocycles. The van der Waals surface area contributed by atoms with E-state index in [0.29, 0.717) is 0 Å². The molecule has 0 N–H and O–H groups in total. The van der Waals surface area contributed by atoms with Crippen molar-refractivity contribution in [2.45, 2.75) is 13.0 Å². The third-order valence-corrected chi connectivity index (χ3v) is 3.34. The summed E-state index contributed by atoms with van der Waals surface area (Å²) in [6.07, 6.45) is 3.24. The molecule has 1 aromatic rings. The molecule has 2 heteroatoms. The molecule has 0 fully saturated rings. The van der Waals surface area contributed by atoms with Crippen LogP contribution in [0.5, 0.6) is 0 Å². The van der Waals surface area contributed by atoms with E-state index in [9.17, 15) is 0 Å². The van der Waals surface area contributed by atoms with Crippen LogP contribution in [-0.2, 0) is 6.54 Å². The third kappa shape index (κ3) is 1.93. The van der Waals surface area contributed by atoms with Gasteiger partial charge in [0, 0.05) is 25.8 Å². The minimum atomic E-state index is 0.931. The highest BCUT2D eigenvalue weighted by Gasteiger charge is 2.19. The van der Waals surface area contributed by atoms with Crippen molar-refractivity contribution in [2.24, 2.45) is 4.99 Å². The van der Waals surface area contributed by atoms with Crippen molar-refractivity contribution in [1.82, 2.24) is 4.90 Å². The highest BCUT2D eigenvalue weighted by atomic mass is 15.1. The third-order valence-electron chi connectivity index (χ3n) is 3.34.